The number of morpholine rings is 1. The monoisotopic (exact) mass is 468 g/mol. The summed E-state index contributed by atoms with van der Waals surface area (Å²) in [6, 6.07) is 12.7. The lowest BCUT2D eigenvalue weighted by atomic mass is 10.1. The Kier molecular flexibility index (Phi) is 8.15. The van der Waals surface area contributed by atoms with Crippen molar-refractivity contribution >= 4 is 39.9 Å². The number of rotatable bonds is 6. The van der Waals surface area contributed by atoms with Crippen LogP contribution in [-0.4, -0.2) is 61.5 Å². The van der Waals surface area contributed by atoms with E-state index in [0.29, 0.717) is 11.3 Å². The largest absolute Gasteiger partial charge is 0.384 e. The number of nitrogens with zero attached hydrogens (tertiary/aromatic N) is 1. The molecule has 168 valence electrons. The summed E-state index contributed by atoms with van der Waals surface area (Å²) < 4.78 is 32.4. The first kappa shape index (κ1) is 24.8. The molecule has 2 atom stereocenters. The maximum absolute atomic E-state index is 12.9. The SMILES string of the molecule is Cc1ccc(S(=O)(=O)N2CCOC(C(O)C(=O)Nc3ccc(C(=N)N)cc3)C2)cc1.Cl. The predicted octanol–water partition coefficient (Wildman–Crippen LogP) is 1.09. The van der Waals surface area contributed by atoms with Crippen LogP contribution in [0, 0.1) is 12.3 Å². The minimum atomic E-state index is -3.76. The number of ether oxygens (including phenoxy) is 1. The minimum Gasteiger partial charge on any atom is -0.384 e. The van der Waals surface area contributed by atoms with Gasteiger partial charge in [-0.05, 0) is 43.3 Å². The van der Waals surface area contributed by atoms with Gasteiger partial charge in [0.05, 0.1) is 11.5 Å². The van der Waals surface area contributed by atoms with Crippen LogP contribution >= 0.6 is 12.4 Å². The average Bonchev–Trinajstić information content (AvgIpc) is 2.74. The Morgan fingerprint density at radius 3 is 2.42 bits per heavy atom. The Morgan fingerprint density at radius 2 is 1.84 bits per heavy atom. The number of hydrogen-bond donors (Lipinski definition) is 4. The van der Waals surface area contributed by atoms with Gasteiger partial charge in [0.15, 0.2) is 6.10 Å². The Morgan fingerprint density at radius 1 is 1.23 bits per heavy atom. The summed E-state index contributed by atoms with van der Waals surface area (Å²) >= 11 is 0. The molecule has 0 saturated carbocycles. The number of amidine groups is 1. The van der Waals surface area contributed by atoms with E-state index in [9.17, 15) is 18.3 Å². The van der Waals surface area contributed by atoms with Crippen molar-refractivity contribution in [2.45, 2.75) is 24.0 Å². The second-order valence-electron chi connectivity index (χ2n) is 7.01. The standard InChI is InChI=1S/C20H24N4O5S.ClH/c1-13-2-8-16(9-3-13)30(27,28)24-10-11-29-17(12-24)18(25)20(26)23-15-6-4-14(5-7-15)19(21)22;/h2-9,17-18,25H,10-12H2,1H3,(H3,21,22)(H,23,26);1H. The molecule has 9 nitrogen and oxygen atoms in total. The van der Waals surface area contributed by atoms with Crippen LogP contribution in [0.4, 0.5) is 5.69 Å². The maximum Gasteiger partial charge on any atom is 0.255 e. The van der Waals surface area contributed by atoms with Gasteiger partial charge in [-0.2, -0.15) is 4.31 Å². The van der Waals surface area contributed by atoms with E-state index in [0.717, 1.165) is 5.56 Å². The van der Waals surface area contributed by atoms with Crippen molar-refractivity contribution in [3.05, 3.63) is 59.7 Å². The molecule has 3 rings (SSSR count). The van der Waals surface area contributed by atoms with E-state index in [-0.39, 0.29) is 42.8 Å². The second-order valence-corrected chi connectivity index (χ2v) is 8.95. The quantitative estimate of drug-likeness (QED) is 0.368. The van der Waals surface area contributed by atoms with E-state index in [1.807, 2.05) is 6.92 Å². The lowest BCUT2D eigenvalue weighted by Crippen LogP contribution is -2.52. The molecule has 11 heteroatoms. The van der Waals surface area contributed by atoms with E-state index in [2.05, 4.69) is 5.32 Å². The number of carbonyl (C=O) groups is 1. The topological polar surface area (TPSA) is 146 Å². The predicted molar refractivity (Wildman–Crippen MR) is 119 cm³/mol. The highest BCUT2D eigenvalue weighted by molar-refractivity contribution is 7.89. The molecule has 0 aromatic heterocycles. The van der Waals surface area contributed by atoms with Gasteiger partial charge in [-0.1, -0.05) is 17.7 Å². The highest BCUT2D eigenvalue weighted by atomic mass is 35.5. The molecule has 5 N–H and O–H groups in total. The number of nitrogens with one attached hydrogen (secondary N) is 2. The van der Waals surface area contributed by atoms with Gasteiger partial charge in [-0.3, -0.25) is 10.2 Å². The van der Waals surface area contributed by atoms with Crippen molar-refractivity contribution in [3.8, 4) is 0 Å². The number of amides is 1. The van der Waals surface area contributed by atoms with E-state index >= 15 is 0 Å². The third kappa shape index (κ3) is 5.81. The molecular weight excluding hydrogens is 444 g/mol. The Bertz CT molecular complexity index is 1030. The minimum absolute atomic E-state index is 0. The van der Waals surface area contributed by atoms with Crippen molar-refractivity contribution in [3.63, 3.8) is 0 Å². The summed E-state index contributed by atoms with van der Waals surface area (Å²) in [6.45, 7) is 1.92. The molecule has 1 aliphatic heterocycles. The van der Waals surface area contributed by atoms with Crippen LogP contribution in [0.2, 0.25) is 0 Å². The van der Waals surface area contributed by atoms with E-state index in [4.69, 9.17) is 15.9 Å². The molecule has 1 saturated heterocycles. The average molecular weight is 469 g/mol. The molecular formula is C20H25ClN4O5S. The first-order chi connectivity index (χ1) is 14.2. The van der Waals surface area contributed by atoms with Crippen LogP contribution < -0.4 is 11.1 Å². The van der Waals surface area contributed by atoms with Gasteiger partial charge in [-0.25, -0.2) is 8.42 Å². The van der Waals surface area contributed by atoms with Crippen molar-refractivity contribution in [1.82, 2.24) is 4.31 Å². The normalized spacial score (nSPS) is 17.9. The molecule has 31 heavy (non-hydrogen) atoms. The van der Waals surface area contributed by atoms with Gasteiger partial charge in [0.2, 0.25) is 10.0 Å². The summed E-state index contributed by atoms with van der Waals surface area (Å²) in [7, 11) is -3.76. The molecule has 2 aromatic carbocycles. The van der Waals surface area contributed by atoms with Gasteiger partial charge in [0.1, 0.15) is 11.9 Å². The van der Waals surface area contributed by atoms with Crippen LogP contribution in [-0.2, 0) is 19.6 Å². The molecule has 0 aliphatic carbocycles. The van der Waals surface area contributed by atoms with Crippen LogP contribution in [0.25, 0.3) is 0 Å². The Balaban J connectivity index is 0.00000341. The lowest BCUT2D eigenvalue weighted by molar-refractivity contribution is -0.136. The number of hydrogen-bond acceptors (Lipinski definition) is 6. The summed E-state index contributed by atoms with van der Waals surface area (Å²) in [5.74, 6) is -0.816. The Labute approximate surface area is 187 Å². The number of aliphatic hydroxyl groups excluding tert-OH is 1. The third-order valence-electron chi connectivity index (χ3n) is 4.80. The van der Waals surface area contributed by atoms with Crippen molar-refractivity contribution in [2.75, 3.05) is 25.0 Å². The summed E-state index contributed by atoms with van der Waals surface area (Å²) in [5, 5.41) is 20.3. The molecule has 1 aliphatic rings. The number of halogens is 1. The smallest absolute Gasteiger partial charge is 0.255 e. The molecule has 0 bridgehead atoms. The molecule has 2 aromatic rings. The number of aliphatic hydroxyl groups is 1. The second kappa shape index (κ2) is 10.2. The first-order valence-corrected chi connectivity index (χ1v) is 10.7. The fourth-order valence-electron chi connectivity index (χ4n) is 3.04. The fraction of sp³-hybridized carbons (Fsp3) is 0.300. The number of anilines is 1. The summed E-state index contributed by atoms with van der Waals surface area (Å²) in [4.78, 5) is 12.6. The first-order valence-electron chi connectivity index (χ1n) is 9.30. The van der Waals surface area contributed by atoms with E-state index in [1.54, 1.807) is 36.4 Å². The van der Waals surface area contributed by atoms with Gasteiger partial charge in [-0.15, -0.1) is 12.4 Å². The molecule has 2 unspecified atom stereocenters. The van der Waals surface area contributed by atoms with Crippen molar-refractivity contribution in [2.24, 2.45) is 5.73 Å². The molecule has 1 heterocycles. The number of benzene rings is 2. The Hall–Kier alpha value is -2.50. The zero-order valence-electron chi connectivity index (χ0n) is 16.8. The number of nitrogens with two attached hydrogens (primary N) is 1. The highest BCUT2D eigenvalue weighted by Gasteiger charge is 2.36. The van der Waals surface area contributed by atoms with Crippen LogP contribution in [0.1, 0.15) is 11.1 Å². The zero-order chi connectivity index (χ0) is 21.9. The summed E-state index contributed by atoms with van der Waals surface area (Å²) in [5.41, 5.74) is 7.24. The molecule has 0 radical (unpaired) electrons. The van der Waals surface area contributed by atoms with Crippen LogP contribution in [0.3, 0.4) is 0 Å². The maximum atomic E-state index is 12.9. The number of sulfonamides is 1. The summed E-state index contributed by atoms with van der Waals surface area (Å²) in [6.07, 6.45) is -2.57. The van der Waals surface area contributed by atoms with E-state index in [1.165, 1.54) is 16.4 Å². The van der Waals surface area contributed by atoms with Crippen molar-refractivity contribution < 1.29 is 23.1 Å². The van der Waals surface area contributed by atoms with Gasteiger partial charge < -0.3 is 20.9 Å². The highest BCUT2D eigenvalue weighted by Crippen LogP contribution is 2.21. The number of carbonyl (C=O) groups excluding carboxylic acids is 1. The number of nitrogen functional groups attached to an aromatic ring is 1. The molecule has 1 amide bonds. The van der Waals surface area contributed by atoms with E-state index < -0.39 is 28.1 Å². The van der Waals surface area contributed by atoms with Gasteiger partial charge in [0, 0.05) is 24.3 Å². The fourth-order valence-corrected chi connectivity index (χ4v) is 4.47. The van der Waals surface area contributed by atoms with Crippen LogP contribution in [0.15, 0.2) is 53.4 Å². The van der Waals surface area contributed by atoms with Crippen molar-refractivity contribution in [1.29, 1.82) is 5.41 Å². The molecule has 0 spiro atoms. The zero-order valence-corrected chi connectivity index (χ0v) is 18.4. The van der Waals surface area contributed by atoms with Crippen LogP contribution in [0.5, 0.6) is 0 Å². The third-order valence-corrected chi connectivity index (χ3v) is 6.68. The molecule has 1 fully saturated rings. The van der Waals surface area contributed by atoms with Gasteiger partial charge >= 0.3 is 0 Å². The van der Waals surface area contributed by atoms with Gasteiger partial charge in [0.25, 0.3) is 5.91 Å². The lowest BCUT2D eigenvalue weighted by Gasteiger charge is -2.34. The number of aryl methyl sites for hydroxylation is 1.